The predicted molar refractivity (Wildman–Crippen MR) is 130 cm³/mol. The first-order valence-electron chi connectivity index (χ1n) is 12.7. The van der Waals surface area contributed by atoms with Crippen LogP contribution in [0.3, 0.4) is 0 Å². The maximum atomic E-state index is 12.2. The van der Waals surface area contributed by atoms with Crippen molar-refractivity contribution in [3.05, 3.63) is 47.5 Å². The van der Waals surface area contributed by atoms with Crippen molar-refractivity contribution in [3.63, 3.8) is 0 Å². The van der Waals surface area contributed by atoms with Crippen LogP contribution in [0.25, 0.3) is 0 Å². The topological polar surface area (TPSA) is 91.7 Å². The third kappa shape index (κ3) is 3.91. The number of hydrogen-bond acceptors (Lipinski definition) is 5. The van der Waals surface area contributed by atoms with E-state index in [1.54, 1.807) is 19.9 Å². The number of carbonyl (C=O) groups excluding carboxylic acids is 3. The van der Waals surface area contributed by atoms with Crippen LogP contribution in [0.1, 0.15) is 83.0 Å². The average Bonchev–Trinajstić information content (AvgIpc) is 3.13. The quantitative estimate of drug-likeness (QED) is 0.478. The van der Waals surface area contributed by atoms with Crippen LogP contribution in [0.5, 0.6) is 0 Å². The molecule has 5 nitrogen and oxygen atoms in total. The molecule has 4 aliphatic rings. The molecule has 0 unspecified atom stereocenters. The van der Waals surface area contributed by atoms with Gasteiger partial charge in [0.1, 0.15) is 5.78 Å². The van der Waals surface area contributed by atoms with Crippen molar-refractivity contribution in [1.82, 2.24) is 0 Å². The van der Waals surface area contributed by atoms with Crippen LogP contribution in [0.2, 0.25) is 0 Å². The van der Waals surface area contributed by atoms with Gasteiger partial charge in [-0.15, -0.1) is 0 Å². The minimum atomic E-state index is -1.95. The lowest BCUT2D eigenvalue weighted by Crippen LogP contribution is -2.61. The summed E-state index contributed by atoms with van der Waals surface area (Å²) in [6, 6.07) is 9.23. The second-order valence-electron chi connectivity index (χ2n) is 11.5. The molecule has 0 aromatic heterocycles. The van der Waals surface area contributed by atoms with Crippen molar-refractivity contribution in [3.8, 4) is 0 Å². The molecule has 0 heterocycles. The van der Waals surface area contributed by atoms with E-state index in [-0.39, 0.29) is 35.2 Å². The number of benzene rings is 1. The van der Waals surface area contributed by atoms with Crippen LogP contribution in [0.4, 0.5) is 0 Å². The van der Waals surface area contributed by atoms with E-state index < -0.39 is 11.2 Å². The normalized spacial score (nSPS) is 37.8. The van der Waals surface area contributed by atoms with Crippen molar-refractivity contribution >= 4 is 17.3 Å². The zero-order valence-electron chi connectivity index (χ0n) is 20.8. The molecule has 1 aromatic carbocycles. The van der Waals surface area contributed by atoms with Gasteiger partial charge in [-0.25, -0.2) is 0 Å². The van der Waals surface area contributed by atoms with E-state index in [9.17, 15) is 24.6 Å². The molecule has 5 heteroatoms. The Hall–Kier alpha value is -2.11. The van der Waals surface area contributed by atoms with E-state index in [1.165, 1.54) is 0 Å². The lowest BCUT2D eigenvalue weighted by Gasteiger charge is -2.60. The molecule has 0 bridgehead atoms. The molecule has 6 atom stereocenters. The highest BCUT2D eigenvalue weighted by Crippen LogP contribution is 2.67. The highest BCUT2D eigenvalue weighted by molar-refractivity contribution is 5.94. The predicted octanol–water partition coefficient (Wildman–Crippen LogP) is 4.90. The van der Waals surface area contributed by atoms with Gasteiger partial charge in [-0.1, -0.05) is 49.8 Å². The fraction of sp³-hybridized carbons (Fsp3) is 0.621. The van der Waals surface area contributed by atoms with Gasteiger partial charge in [0.05, 0.1) is 6.42 Å². The summed E-state index contributed by atoms with van der Waals surface area (Å²) in [6.07, 6.45) is 7.17. The molecule has 3 saturated carbocycles. The Kier molecular flexibility index (Phi) is 6.50. The van der Waals surface area contributed by atoms with E-state index in [4.69, 9.17) is 0 Å². The minimum Gasteiger partial charge on any atom is -0.365 e. The van der Waals surface area contributed by atoms with Crippen LogP contribution < -0.4 is 0 Å². The molecule has 5 rings (SSSR count). The largest absolute Gasteiger partial charge is 0.365 e. The Labute approximate surface area is 202 Å². The van der Waals surface area contributed by atoms with Crippen LogP contribution in [-0.2, 0) is 9.59 Å². The number of aliphatic hydroxyl groups is 2. The monoisotopic (exact) mass is 466 g/mol. The fourth-order valence-corrected chi connectivity index (χ4v) is 8.02. The van der Waals surface area contributed by atoms with Crippen LogP contribution in [0.15, 0.2) is 42.0 Å². The second-order valence-corrected chi connectivity index (χ2v) is 11.5. The number of carbonyl (C=O) groups is 3. The van der Waals surface area contributed by atoms with E-state index in [1.807, 2.05) is 37.3 Å². The van der Waals surface area contributed by atoms with Crippen molar-refractivity contribution < 1.29 is 24.6 Å². The average molecular weight is 467 g/mol. The van der Waals surface area contributed by atoms with Gasteiger partial charge in [0, 0.05) is 16.9 Å². The maximum Gasteiger partial charge on any atom is 0.179 e. The smallest absolute Gasteiger partial charge is 0.179 e. The summed E-state index contributed by atoms with van der Waals surface area (Å²) in [4.78, 5) is 34.8. The lowest BCUT2D eigenvalue weighted by molar-refractivity contribution is -0.263. The summed E-state index contributed by atoms with van der Waals surface area (Å²) in [6.45, 7) is 7.54. The van der Waals surface area contributed by atoms with Gasteiger partial charge >= 0.3 is 0 Å². The van der Waals surface area contributed by atoms with Crippen LogP contribution in [-0.4, -0.2) is 33.3 Å². The lowest BCUT2D eigenvalue weighted by atomic mass is 9.45. The van der Waals surface area contributed by atoms with Crippen molar-refractivity contribution in [2.24, 2.45) is 34.5 Å². The Morgan fingerprint density at radius 3 is 2.21 bits per heavy atom. The van der Waals surface area contributed by atoms with Crippen molar-refractivity contribution in [1.29, 1.82) is 0 Å². The number of hydrogen-bond donors (Lipinski definition) is 2. The zero-order chi connectivity index (χ0) is 24.9. The number of Topliss-reactive ketones (excluding diaryl/α,β-unsaturated/α-hetero) is 2. The molecule has 0 saturated heterocycles. The molecule has 184 valence electrons. The second kappa shape index (κ2) is 8.83. The molecule has 2 N–H and O–H groups in total. The molecule has 3 fully saturated rings. The number of rotatable bonds is 2. The summed E-state index contributed by atoms with van der Waals surface area (Å²) < 4.78 is 0. The SMILES string of the molecule is CC(=O)[C@@H]1CC[C@H]2[C@@H]3CCC4=CC(=O)CC(O)(O)[C@]4(C)[C@H]3CC[C@]12C.CC(=O)c1ccccc1. The standard InChI is InChI=1S/C21H30O4.C8H8O/c1-12(22)16-6-7-17-15-5-4-13-10-14(23)11-21(24,25)20(13,3)18(15)8-9-19(16,17)2;1-7(9)8-5-3-2-4-6-8/h10,15-18,24-25H,4-9,11H2,1-3H3;2-6H,1H3/t15-,16-,17-,18-,19+,20-;/m0./s1. The minimum absolute atomic E-state index is 0.0582. The Balaban J connectivity index is 0.000000257. The first-order valence-corrected chi connectivity index (χ1v) is 12.7. The molecule has 0 spiro atoms. The maximum absolute atomic E-state index is 12.2. The van der Waals surface area contributed by atoms with Crippen LogP contribution >= 0.6 is 0 Å². The van der Waals surface area contributed by atoms with Gasteiger partial charge in [-0.05, 0) is 81.6 Å². The number of fused-ring (bicyclic) bond motifs is 5. The molecule has 0 aliphatic heterocycles. The van der Waals surface area contributed by atoms with Gasteiger partial charge in [0.15, 0.2) is 17.4 Å². The molecule has 0 radical (unpaired) electrons. The zero-order valence-corrected chi connectivity index (χ0v) is 20.8. The third-order valence-electron chi connectivity index (χ3n) is 9.85. The first kappa shape index (κ1) is 25.0. The summed E-state index contributed by atoms with van der Waals surface area (Å²) in [5, 5.41) is 21.6. The highest BCUT2D eigenvalue weighted by Gasteiger charge is 2.65. The molecule has 1 aromatic rings. The van der Waals surface area contributed by atoms with Gasteiger partial charge in [0.25, 0.3) is 0 Å². The van der Waals surface area contributed by atoms with Crippen LogP contribution in [0, 0.1) is 34.5 Å². The molecular formula is C29H38O5. The molecule has 0 amide bonds. The van der Waals surface area contributed by atoms with Crippen molar-refractivity contribution in [2.45, 2.75) is 78.4 Å². The van der Waals surface area contributed by atoms with Gasteiger partial charge in [0.2, 0.25) is 0 Å². The van der Waals surface area contributed by atoms with Gasteiger partial charge in [-0.2, -0.15) is 0 Å². The highest BCUT2D eigenvalue weighted by atomic mass is 16.5. The Bertz CT molecular complexity index is 1010. The first-order chi connectivity index (χ1) is 15.9. The Morgan fingerprint density at radius 2 is 1.62 bits per heavy atom. The van der Waals surface area contributed by atoms with E-state index in [0.29, 0.717) is 17.6 Å². The fourth-order valence-electron chi connectivity index (χ4n) is 8.02. The summed E-state index contributed by atoms with van der Waals surface area (Å²) in [5.74, 6) is -0.464. The molecule has 34 heavy (non-hydrogen) atoms. The van der Waals surface area contributed by atoms with Gasteiger partial charge < -0.3 is 10.2 Å². The summed E-state index contributed by atoms with van der Waals surface area (Å²) >= 11 is 0. The van der Waals surface area contributed by atoms with E-state index in [0.717, 1.165) is 49.7 Å². The summed E-state index contributed by atoms with van der Waals surface area (Å²) in [7, 11) is 0. The number of ketones is 3. The van der Waals surface area contributed by atoms with E-state index in [2.05, 4.69) is 6.92 Å². The molecule has 4 aliphatic carbocycles. The van der Waals surface area contributed by atoms with Crippen molar-refractivity contribution in [2.75, 3.05) is 0 Å². The summed E-state index contributed by atoms with van der Waals surface area (Å²) in [5.41, 5.74) is 1.03. The van der Waals surface area contributed by atoms with Gasteiger partial charge in [-0.3, -0.25) is 14.4 Å². The molecular weight excluding hydrogens is 428 g/mol. The Morgan fingerprint density at radius 1 is 0.941 bits per heavy atom. The third-order valence-corrected chi connectivity index (χ3v) is 9.85. The van der Waals surface area contributed by atoms with E-state index >= 15 is 0 Å².